The van der Waals surface area contributed by atoms with Crippen LogP contribution in [0.3, 0.4) is 0 Å². The maximum atomic E-state index is 6.17. The van der Waals surface area contributed by atoms with Crippen molar-refractivity contribution in [2.24, 2.45) is 0 Å². The highest BCUT2D eigenvalue weighted by molar-refractivity contribution is 6.50. The van der Waals surface area contributed by atoms with Gasteiger partial charge in [-0.2, -0.15) is 0 Å². The molecule has 1 aromatic carbocycles. The third-order valence-electron chi connectivity index (χ3n) is 5.48. The van der Waals surface area contributed by atoms with Gasteiger partial charge in [0.05, 0.1) is 34.9 Å². The summed E-state index contributed by atoms with van der Waals surface area (Å²) >= 11 is 0. The van der Waals surface area contributed by atoms with Crippen LogP contribution >= 0.6 is 0 Å². The Kier molecular flexibility index (Phi) is 4.79. The van der Waals surface area contributed by atoms with Crippen LogP contribution in [0, 0.1) is 13.8 Å². The Hall–Kier alpha value is -1.99. The van der Waals surface area contributed by atoms with Crippen molar-refractivity contribution in [1.29, 1.82) is 0 Å². The number of aromatic nitrogens is 1. The molecule has 2 N–H and O–H groups in total. The minimum Gasteiger partial charge on any atom is -0.427 e. The first-order valence-corrected chi connectivity index (χ1v) is 8.81. The van der Waals surface area contributed by atoms with Gasteiger partial charge >= 0.3 is 7.48 Å². The summed E-state index contributed by atoms with van der Waals surface area (Å²) in [5.41, 5.74) is 5.07. The minimum absolute atomic E-state index is 0.433. The van der Waals surface area contributed by atoms with E-state index in [9.17, 15) is 0 Å². The quantitative estimate of drug-likeness (QED) is 0.775. The molecular weight excluding hydrogens is 329 g/mol. The van der Waals surface area contributed by atoms with Gasteiger partial charge in [-0.3, -0.25) is 0 Å². The molecule has 139 valence electrons. The third-order valence-corrected chi connectivity index (χ3v) is 5.48. The van der Waals surface area contributed by atoms with E-state index in [2.05, 4.69) is 27.9 Å². The average molecular weight is 356 g/mol. The summed E-state index contributed by atoms with van der Waals surface area (Å²) in [6.07, 6.45) is 0. The fourth-order valence-electron chi connectivity index (χ4n) is 2.96. The SMILES string of the molecule is COC(C)(C)C(C)(C)O[B]c1cc(-c2c(C)noc2C)cc2c1NCN2. The maximum absolute atomic E-state index is 6.17. The summed E-state index contributed by atoms with van der Waals surface area (Å²) in [7, 11) is 3.51. The Labute approximate surface area is 155 Å². The van der Waals surface area contributed by atoms with Crippen molar-refractivity contribution in [1.82, 2.24) is 5.16 Å². The number of fused-ring (bicyclic) bond motifs is 1. The van der Waals surface area contributed by atoms with Crippen LogP contribution in [0.1, 0.15) is 39.1 Å². The first kappa shape index (κ1) is 18.8. The summed E-state index contributed by atoms with van der Waals surface area (Å²) in [5, 5.41) is 10.8. The highest BCUT2D eigenvalue weighted by Gasteiger charge is 2.38. The second-order valence-corrected chi connectivity index (χ2v) is 7.68. The zero-order chi connectivity index (χ0) is 19.1. The second-order valence-electron chi connectivity index (χ2n) is 7.68. The molecule has 1 aromatic heterocycles. The van der Waals surface area contributed by atoms with E-state index in [1.165, 1.54) is 0 Å². The number of methoxy groups -OCH3 is 1. The predicted molar refractivity (Wildman–Crippen MR) is 105 cm³/mol. The zero-order valence-electron chi connectivity index (χ0n) is 16.6. The number of hydrogen-bond acceptors (Lipinski definition) is 6. The predicted octanol–water partition coefficient (Wildman–Crippen LogP) is 3.22. The molecule has 0 aliphatic carbocycles. The van der Waals surface area contributed by atoms with Crippen molar-refractivity contribution in [2.45, 2.75) is 52.7 Å². The Morgan fingerprint density at radius 1 is 1.12 bits per heavy atom. The zero-order valence-corrected chi connectivity index (χ0v) is 16.6. The summed E-state index contributed by atoms with van der Waals surface area (Å²) < 4.78 is 17.1. The van der Waals surface area contributed by atoms with Gasteiger partial charge in [0, 0.05) is 12.7 Å². The van der Waals surface area contributed by atoms with Crippen molar-refractivity contribution in [3.05, 3.63) is 23.6 Å². The van der Waals surface area contributed by atoms with Gasteiger partial charge in [-0.1, -0.05) is 11.2 Å². The topological polar surface area (TPSA) is 68.5 Å². The van der Waals surface area contributed by atoms with Crippen LogP contribution in [-0.4, -0.2) is 37.6 Å². The fourth-order valence-corrected chi connectivity index (χ4v) is 2.96. The van der Waals surface area contributed by atoms with Gasteiger partial charge in [0.1, 0.15) is 5.76 Å². The van der Waals surface area contributed by atoms with Crippen LogP contribution in [0.25, 0.3) is 11.1 Å². The molecule has 0 atom stereocenters. The minimum atomic E-state index is -0.500. The molecule has 1 aliphatic heterocycles. The number of nitrogens with one attached hydrogen (secondary N) is 2. The molecule has 0 fully saturated rings. The van der Waals surface area contributed by atoms with Crippen molar-refractivity contribution in [3.8, 4) is 11.1 Å². The van der Waals surface area contributed by atoms with E-state index in [0.29, 0.717) is 6.67 Å². The summed E-state index contributed by atoms with van der Waals surface area (Å²) in [4.78, 5) is 0. The van der Waals surface area contributed by atoms with Crippen molar-refractivity contribution < 1.29 is 13.9 Å². The van der Waals surface area contributed by atoms with Crippen LogP contribution in [0.2, 0.25) is 0 Å². The lowest BCUT2D eigenvalue weighted by Crippen LogP contribution is -2.50. The fraction of sp³-hybridized carbons (Fsp3) is 0.526. The Morgan fingerprint density at radius 2 is 1.85 bits per heavy atom. The van der Waals surface area contributed by atoms with E-state index in [4.69, 9.17) is 13.9 Å². The molecule has 0 amide bonds. The van der Waals surface area contributed by atoms with Gasteiger partial charge in [-0.05, 0) is 58.6 Å². The number of rotatable bonds is 6. The van der Waals surface area contributed by atoms with Crippen LogP contribution in [0.4, 0.5) is 11.4 Å². The van der Waals surface area contributed by atoms with E-state index in [1.807, 2.05) is 41.5 Å². The number of nitrogens with zero attached hydrogens (tertiary/aromatic N) is 1. The first-order valence-electron chi connectivity index (χ1n) is 8.81. The first-order chi connectivity index (χ1) is 12.2. The molecule has 0 saturated carbocycles. The molecule has 2 heterocycles. The number of anilines is 2. The number of aryl methyl sites for hydroxylation is 2. The summed E-state index contributed by atoms with van der Waals surface area (Å²) in [6, 6.07) is 4.21. The largest absolute Gasteiger partial charge is 0.427 e. The monoisotopic (exact) mass is 356 g/mol. The molecule has 0 unspecified atom stereocenters. The molecule has 7 heteroatoms. The molecule has 1 aliphatic rings. The van der Waals surface area contributed by atoms with Gasteiger partial charge < -0.3 is 24.5 Å². The smallest absolute Gasteiger partial charge is 0.333 e. The molecule has 2 aromatic rings. The standard InChI is InChI=1S/C19H27BN3O3/c1-11-16(12(2)25-23-11)13-8-14(17-15(9-13)21-10-22-17)20-26-19(5,6)18(3,4)24-7/h8-9,21-22H,10H2,1-7H3. The van der Waals surface area contributed by atoms with Crippen LogP contribution in [0.15, 0.2) is 16.7 Å². The lowest BCUT2D eigenvalue weighted by Gasteiger charge is -2.40. The van der Waals surface area contributed by atoms with Crippen molar-refractivity contribution in [2.75, 3.05) is 24.4 Å². The average Bonchev–Trinajstić information content (AvgIpc) is 3.18. The molecule has 0 spiro atoms. The van der Waals surface area contributed by atoms with Crippen LogP contribution < -0.4 is 16.1 Å². The summed E-state index contributed by atoms with van der Waals surface area (Å²) in [6.45, 7) is 12.7. The molecule has 26 heavy (non-hydrogen) atoms. The highest BCUT2D eigenvalue weighted by Crippen LogP contribution is 2.34. The van der Waals surface area contributed by atoms with E-state index in [1.54, 1.807) is 14.6 Å². The van der Waals surface area contributed by atoms with Gasteiger partial charge in [-0.25, -0.2) is 0 Å². The van der Waals surface area contributed by atoms with Crippen LogP contribution in [-0.2, 0) is 9.39 Å². The van der Waals surface area contributed by atoms with Crippen LogP contribution in [0.5, 0.6) is 0 Å². The molecular formula is C19H27BN3O3. The normalized spacial score (nSPS) is 14.0. The molecule has 6 nitrogen and oxygen atoms in total. The lowest BCUT2D eigenvalue weighted by molar-refractivity contribution is -0.114. The molecule has 3 rings (SSSR count). The Morgan fingerprint density at radius 3 is 2.46 bits per heavy atom. The molecule has 0 saturated heterocycles. The van der Waals surface area contributed by atoms with E-state index >= 15 is 0 Å². The second kappa shape index (κ2) is 6.63. The molecule has 1 radical (unpaired) electrons. The lowest BCUT2D eigenvalue weighted by atomic mass is 9.80. The van der Waals surface area contributed by atoms with E-state index < -0.39 is 11.2 Å². The number of hydrogen-bond donors (Lipinski definition) is 2. The Bertz CT molecular complexity index is 795. The Balaban J connectivity index is 1.95. The van der Waals surface area contributed by atoms with E-state index in [0.717, 1.165) is 39.4 Å². The van der Waals surface area contributed by atoms with Gasteiger partial charge in [0.2, 0.25) is 0 Å². The van der Waals surface area contributed by atoms with Crippen molar-refractivity contribution in [3.63, 3.8) is 0 Å². The number of benzene rings is 1. The highest BCUT2D eigenvalue weighted by atomic mass is 16.5. The van der Waals surface area contributed by atoms with Gasteiger partial charge in [-0.15, -0.1) is 0 Å². The van der Waals surface area contributed by atoms with Gasteiger partial charge in [0.15, 0.2) is 0 Å². The third kappa shape index (κ3) is 3.21. The maximum Gasteiger partial charge on any atom is 0.333 e. The van der Waals surface area contributed by atoms with E-state index in [-0.39, 0.29) is 0 Å². The molecule has 0 bridgehead atoms. The summed E-state index contributed by atoms with van der Waals surface area (Å²) in [5.74, 6) is 0.807. The van der Waals surface area contributed by atoms with Crippen molar-refractivity contribution >= 4 is 24.3 Å². The van der Waals surface area contributed by atoms with Gasteiger partial charge in [0.25, 0.3) is 0 Å². The number of ether oxygens (including phenoxy) is 1.